The van der Waals surface area contributed by atoms with Crippen molar-refractivity contribution >= 4 is 23.2 Å². The number of thiazole rings is 1. The van der Waals surface area contributed by atoms with E-state index in [2.05, 4.69) is 20.5 Å². The number of amides is 2. The van der Waals surface area contributed by atoms with E-state index in [1.165, 1.54) is 11.3 Å². The van der Waals surface area contributed by atoms with E-state index in [0.717, 1.165) is 42.2 Å². The maximum Gasteiger partial charge on any atom is 0.273 e. The molecule has 2 aromatic heterocycles. The second-order valence-corrected chi connectivity index (χ2v) is 8.11. The van der Waals surface area contributed by atoms with Crippen molar-refractivity contribution in [3.05, 3.63) is 69.4 Å². The Kier molecular flexibility index (Phi) is 5.71. The molecule has 0 saturated carbocycles. The van der Waals surface area contributed by atoms with Crippen molar-refractivity contribution in [3.8, 4) is 0 Å². The van der Waals surface area contributed by atoms with Gasteiger partial charge in [-0.3, -0.25) is 14.7 Å². The Hall–Kier alpha value is -3.00. The molecule has 0 spiro atoms. The quantitative estimate of drug-likeness (QED) is 0.654. The lowest BCUT2D eigenvalue weighted by atomic mass is 10.1. The first-order chi connectivity index (χ1) is 14.1. The van der Waals surface area contributed by atoms with Gasteiger partial charge in [0.2, 0.25) is 0 Å². The summed E-state index contributed by atoms with van der Waals surface area (Å²) in [6, 6.07) is 11.3. The van der Waals surface area contributed by atoms with Crippen LogP contribution in [0.15, 0.2) is 41.8 Å². The Balaban J connectivity index is 1.56. The Labute approximate surface area is 173 Å². The summed E-state index contributed by atoms with van der Waals surface area (Å²) in [5.41, 5.74) is 2.70. The van der Waals surface area contributed by atoms with E-state index in [1.54, 1.807) is 11.4 Å². The van der Waals surface area contributed by atoms with E-state index in [-0.39, 0.29) is 17.9 Å². The van der Waals surface area contributed by atoms with Gasteiger partial charge in [0.25, 0.3) is 11.8 Å². The molecule has 3 aromatic rings. The second kappa shape index (κ2) is 8.57. The molecule has 3 heterocycles. The highest BCUT2D eigenvalue weighted by molar-refractivity contribution is 7.09. The first kappa shape index (κ1) is 19.3. The molecule has 1 aliphatic rings. The summed E-state index contributed by atoms with van der Waals surface area (Å²) >= 11 is 1.40. The average Bonchev–Trinajstić information content (AvgIpc) is 3.49. The van der Waals surface area contributed by atoms with Crippen LogP contribution in [0.3, 0.4) is 0 Å². The fourth-order valence-electron chi connectivity index (χ4n) is 3.44. The summed E-state index contributed by atoms with van der Waals surface area (Å²) in [6.07, 6.45) is 2.66. The number of carbonyl (C=O) groups is 2. The third-order valence-corrected chi connectivity index (χ3v) is 5.92. The molecule has 0 aliphatic carbocycles. The molecule has 8 heteroatoms. The molecule has 0 radical (unpaired) electrons. The van der Waals surface area contributed by atoms with Crippen molar-refractivity contribution in [2.24, 2.45) is 0 Å². The van der Waals surface area contributed by atoms with Gasteiger partial charge in [-0.15, -0.1) is 11.3 Å². The highest BCUT2D eigenvalue weighted by atomic mass is 32.1. The van der Waals surface area contributed by atoms with E-state index in [9.17, 15) is 9.59 Å². The van der Waals surface area contributed by atoms with E-state index >= 15 is 0 Å². The van der Waals surface area contributed by atoms with Gasteiger partial charge in [-0.05, 0) is 37.8 Å². The SMILES string of the molecule is Cc1cc(C(=O)N[C@@H](Cc2ccccc2)c2nc(C(=O)N3CCCC3)cs2)n[nH]1. The number of hydrogen-bond acceptors (Lipinski definition) is 5. The number of carbonyl (C=O) groups excluding carboxylic acids is 2. The van der Waals surface area contributed by atoms with Gasteiger partial charge in [0, 0.05) is 24.2 Å². The third kappa shape index (κ3) is 4.54. The smallest absolute Gasteiger partial charge is 0.273 e. The van der Waals surface area contributed by atoms with Gasteiger partial charge in [-0.2, -0.15) is 5.10 Å². The number of aromatic amines is 1. The summed E-state index contributed by atoms with van der Waals surface area (Å²) in [6.45, 7) is 3.42. The molecule has 0 bridgehead atoms. The van der Waals surface area contributed by atoms with Crippen LogP contribution in [-0.2, 0) is 6.42 Å². The number of hydrogen-bond donors (Lipinski definition) is 2. The van der Waals surface area contributed by atoms with Crippen LogP contribution in [-0.4, -0.2) is 45.0 Å². The summed E-state index contributed by atoms with van der Waals surface area (Å²) in [4.78, 5) is 31.8. The number of nitrogens with one attached hydrogen (secondary N) is 2. The van der Waals surface area contributed by atoms with Crippen LogP contribution in [0.5, 0.6) is 0 Å². The van der Waals surface area contributed by atoms with Crippen LogP contribution in [0.4, 0.5) is 0 Å². The van der Waals surface area contributed by atoms with Crippen molar-refractivity contribution in [2.45, 2.75) is 32.2 Å². The van der Waals surface area contributed by atoms with Crippen LogP contribution in [0.25, 0.3) is 0 Å². The number of likely N-dealkylation sites (tertiary alicyclic amines) is 1. The Morgan fingerprint density at radius 3 is 2.66 bits per heavy atom. The Morgan fingerprint density at radius 1 is 1.21 bits per heavy atom. The molecule has 150 valence electrons. The lowest BCUT2D eigenvalue weighted by molar-refractivity contribution is 0.0787. The minimum Gasteiger partial charge on any atom is -0.341 e. The van der Waals surface area contributed by atoms with Gasteiger partial charge in [-0.1, -0.05) is 30.3 Å². The zero-order valence-corrected chi connectivity index (χ0v) is 17.0. The van der Waals surface area contributed by atoms with Crippen LogP contribution >= 0.6 is 11.3 Å². The van der Waals surface area contributed by atoms with E-state index in [0.29, 0.717) is 17.8 Å². The van der Waals surface area contributed by atoms with Gasteiger partial charge in [0.05, 0.1) is 6.04 Å². The third-order valence-electron chi connectivity index (χ3n) is 4.96. The van der Waals surface area contributed by atoms with Gasteiger partial charge >= 0.3 is 0 Å². The monoisotopic (exact) mass is 409 g/mol. The van der Waals surface area contributed by atoms with Crippen LogP contribution in [0.2, 0.25) is 0 Å². The zero-order valence-electron chi connectivity index (χ0n) is 16.2. The highest BCUT2D eigenvalue weighted by Crippen LogP contribution is 2.24. The molecule has 0 unspecified atom stereocenters. The van der Waals surface area contributed by atoms with Crippen molar-refractivity contribution in [1.82, 2.24) is 25.4 Å². The maximum atomic E-state index is 12.7. The van der Waals surface area contributed by atoms with E-state index in [4.69, 9.17) is 0 Å². The molecular formula is C21H23N5O2S. The van der Waals surface area contributed by atoms with Crippen molar-refractivity contribution in [2.75, 3.05) is 13.1 Å². The molecule has 1 aliphatic heterocycles. The Bertz CT molecular complexity index is 991. The first-order valence-electron chi connectivity index (χ1n) is 9.71. The molecule has 1 saturated heterocycles. The van der Waals surface area contributed by atoms with Crippen LogP contribution in [0, 0.1) is 6.92 Å². The largest absolute Gasteiger partial charge is 0.341 e. The summed E-state index contributed by atoms with van der Waals surface area (Å²) < 4.78 is 0. The van der Waals surface area contributed by atoms with Gasteiger partial charge in [0.1, 0.15) is 16.4 Å². The summed E-state index contributed by atoms with van der Waals surface area (Å²) in [7, 11) is 0. The topological polar surface area (TPSA) is 91.0 Å². The van der Waals surface area contributed by atoms with E-state index < -0.39 is 0 Å². The fourth-order valence-corrected chi connectivity index (χ4v) is 4.29. The molecule has 29 heavy (non-hydrogen) atoms. The van der Waals surface area contributed by atoms with Gasteiger partial charge in [-0.25, -0.2) is 4.98 Å². The predicted octanol–water partition coefficient (Wildman–Crippen LogP) is 3.12. The highest BCUT2D eigenvalue weighted by Gasteiger charge is 2.25. The molecule has 1 atom stereocenters. The average molecular weight is 410 g/mol. The predicted molar refractivity (Wildman–Crippen MR) is 111 cm³/mol. The minimum atomic E-state index is -0.341. The molecule has 1 fully saturated rings. The molecule has 2 amide bonds. The molecular weight excluding hydrogens is 386 g/mol. The summed E-state index contributed by atoms with van der Waals surface area (Å²) in [5, 5.41) is 12.4. The minimum absolute atomic E-state index is 0.0299. The number of nitrogens with zero attached hydrogens (tertiary/aromatic N) is 3. The van der Waals surface area contributed by atoms with Crippen molar-refractivity contribution in [1.29, 1.82) is 0 Å². The normalized spacial score (nSPS) is 14.7. The number of H-pyrrole nitrogens is 1. The molecule has 1 aromatic carbocycles. The first-order valence-corrected chi connectivity index (χ1v) is 10.6. The molecule has 7 nitrogen and oxygen atoms in total. The van der Waals surface area contributed by atoms with Crippen molar-refractivity contribution < 1.29 is 9.59 Å². The number of aromatic nitrogens is 3. The molecule has 2 N–H and O–H groups in total. The lowest BCUT2D eigenvalue weighted by Gasteiger charge is -2.16. The zero-order chi connectivity index (χ0) is 20.2. The number of benzene rings is 1. The standard InChI is InChI=1S/C21H23N5O2S/c1-14-11-16(25-24-14)19(27)22-17(12-15-7-3-2-4-8-15)20-23-18(13-29-20)21(28)26-9-5-6-10-26/h2-4,7-8,11,13,17H,5-6,9-10,12H2,1H3,(H,22,27)(H,24,25)/t17-/m0/s1. The summed E-state index contributed by atoms with van der Waals surface area (Å²) in [5.74, 6) is -0.296. The molecule has 4 rings (SSSR count). The second-order valence-electron chi connectivity index (χ2n) is 7.22. The van der Waals surface area contributed by atoms with Crippen LogP contribution < -0.4 is 5.32 Å². The Morgan fingerprint density at radius 2 is 1.97 bits per heavy atom. The van der Waals surface area contributed by atoms with Gasteiger partial charge in [0.15, 0.2) is 0 Å². The fraction of sp³-hybridized carbons (Fsp3) is 0.333. The lowest BCUT2D eigenvalue weighted by Crippen LogP contribution is -2.31. The van der Waals surface area contributed by atoms with Crippen molar-refractivity contribution in [3.63, 3.8) is 0 Å². The van der Waals surface area contributed by atoms with Crippen LogP contribution in [0.1, 0.15) is 56.1 Å². The number of aryl methyl sites for hydroxylation is 1. The maximum absolute atomic E-state index is 12.7. The number of rotatable bonds is 6. The van der Waals surface area contributed by atoms with Gasteiger partial charge < -0.3 is 10.2 Å². The van der Waals surface area contributed by atoms with E-state index in [1.807, 2.05) is 42.2 Å².